The van der Waals surface area contributed by atoms with Crippen LogP contribution in [0, 0.1) is 0 Å². The normalized spacial score (nSPS) is 14.5. The Morgan fingerprint density at radius 3 is 2.36 bits per heavy atom. The molecule has 0 unspecified atom stereocenters. The third-order valence-electron chi connectivity index (χ3n) is 1.86. The van der Waals surface area contributed by atoms with Crippen molar-refractivity contribution in [3.63, 3.8) is 0 Å². The van der Waals surface area contributed by atoms with Crippen LogP contribution >= 0.6 is 0 Å². The minimum atomic E-state index is -0.707. The first-order chi connectivity index (χ1) is 6.61. The molecular weight excluding hydrogens is 180 g/mol. The number of benzene rings is 1. The summed E-state index contributed by atoms with van der Waals surface area (Å²) < 4.78 is 5.01. The van der Waals surface area contributed by atoms with Crippen LogP contribution in [-0.2, 0) is 9.53 Å². The Labute approximate surface area is 83.3 Å². The lowest BCUT2D eigenvalue weighted by atomic mass is 10.1. The van der Waals surface area contributed by atoms with Crippen LogP contribution in [-0.4, -0.2) is 17.2 Å². The second kappa shape index (κ2) is 4.77. The van der Waals surface area contributed by atoms with E-state index in [0.29, 0.717) is 0 Å². The van der Waals surface area contributed by atoms with Crippen LogP contribution in [0.3, 0.4) is 0 Å². The van der Waals surface area contributed by atoms with Gasteiger partial charge in [-0.2, -0.15) is 0 Å². The van der Waals surface area contributed by atoms with E-state index in [0.717, 1.165) is 5.56 Å². The second-order valence-electron chi connectivity index (χ2n) is 3.18. The highest BCUT2D eigenvalue weighted by Crippen LogP contribution is 2.20. The smallest absolute Gasteiger partial charge is 0.303 e. The topological polar surface area (TPSA) is 46.5 Å². The summed E-state index contributed by atoms with van der Waals surface area (Å²) in [6.45, 7) is 2.93. The number of carbonyl (C=O) groups is 1. The summed E-state index contributed by atoms with van der Waals surface area (Å²) in [5.74, 6) is -0.389. The molecule has 14 heavy (non-hydrogen) atoms. The molecule has 0 saturated heterocycles. The molecule has 1 aromatic rings. The Morgan fingerprint density at radius 2 is 1.93 bits per heavy atom. The van der Waals surface area contributed by atoms with Gasteiger partial charge in [0.2, 0.25) is 0 Å². The van der Waals surface area contributed by atoms with Gasteiger partial charge in [0.1, 0.15) is 0 Å². The molecule has 0 spiro atoms. The highest BCUT2D eigenvalue weighted by atomic mass is 16.6. The van der Waals surface area contributed by atoms with Gasteiger partial charge in [0.25, 0.3) is 0 Å². The Balaban J connectivity index is 2.83. The average Bonchev–Trinajstić information content (AvgIpc) is 2.15. The molecule has 76 valence electrons. The maximum Gasteiger partial charge on any atom is 0.303 e. The fraction of sp³-hybridized carbons (Fsp3) is 0.364. The first-order valence-electron chi connectivity index (χ1n) is 4.51. The second-order valence-corrected chi connectivity index (χ2v) is 3.18. The summed E-state index contributed by atoms with van der Waals surface area (Å²) >= 11 is 0. The van der Waals surface area contributed by atoms with Crippen LogP contribution in [0.2, 0.25) is 0 Å². The van der Waals surface area contributed by atoms with Crippen molar-refractivity contribution in [2.45, 2.75) is 26.1 Å². The molecule has 1 N–H and O–H groups in total. The molecular formula is C11H14O3. The first kappa shape index (κ1) is 10.7. The molecule has 0 aliphatic carbocycles. The number of ether oxygens (including phenoxy) is 1. The van der Waals surface area contributed by atoms with Crippen LogP contribution in [0.25, 0.3) is 0 Å². The quantitative estimate of drug-likeness (QED) is 0.744. The highest BCUT2D eigenvalue weighted by Gasteiger charge is 2.19. The zero-order valence-electron chi connectivity index (χ0n) is 8.31. The monoisotopic (exact) mass is 194 g/mol. The van der Waals surface area contributed by atoms with Gasteiger partial charge in [-0.25, -0.2) is 0 Å². The first-order valence-corrected chi connectivity index (χ1v) is 4.51. The summed E-state index contributed by atoms with van der Waals surface area (Å²) in [6.07, 6.45) is -1.28. The lowest BCUT2D eigenvalue weighted by Crippen LogP contribution is -2.20. The van der Waals surface area contributed by atoms with Crippen LogP contribution in [0.1, 0.15) is 25.5 Å². The number of esters is 1. The predicted molar refractivity (Wildman–Crippen MR) is 52.6 cm³/mol. The van der Waals surface area contributed by atoms with Crippen LogP contribution in [0.15, 0.2) is 30.3 Å². The Bertz CT molecular complexity index is 293. The number of aliphatic hydroxyl groups excluding tert-OH is 1. The standard InChI is InChI=1S/C11H14O3/c1-8(12)11(14-9(2)13)10-6-4-3-5-7-10/h3-8,11-12H,1-2H3/t8-,11-/m0/s1. The Morgan fingerprint density at radius 1 is 1.36 bits per heavy atom. The molecule has 0 aromatic heterocycles. The van der Waals surface area contributed by atoms with Gasteiger partial charge >= 0.3 is 5.97 Å². The fourth-order valence-electron chi connectivity index (χ4n) is 1.27. The van der Waals surface area contributed by atoms with Gasteiger partial charge in [-0.15, -0.1) is 0 Å². The van der Waals surface area contributed by atoms with Crippen LogP contribution in [0.4, 0.5) is 0 Å². The molecule has 0 aliphatic rings. The summed E-state index contributed by atoms with van der Waals surface area (Å²) in [5.41, 5.74) is 0.803. The van der Waals surface area contributed by atoms with Crippen molar-refractivity contribution in [2.75, 3.05) is 0 Å². The molecule has 0 heterocycles. The van der Waals surface area contributed by atoms with E-state index in [4.69, 9.17) is 4.74 Å². The maximum atomic E-state index is 10.8. The highest BCUT2D eigenvalue weighted by molar-refractivity contribution is 5.66. The maximum absolute atomic E-state index is 10.8. The van der Waals surface area contributed by atoms with Crippen molar-refractivity contribution in [3.8, 4) is 0 Å². The lowest BCUT2D eigenvalue weighted by molar-refractivity contribution is -0.152. The number of carbonyl (C=O) groups excluding carboxylic acids is 1. The minimum Gasteiger partial charge on any atom is -0.455 e. The van der Waals surface area contributed by atoms with E-state index in [1.165, 1.54) is 6.92 Å². The van der Waals surface area contributed by atoms with E-state index in [1.807, 2.05) is 30.3 Å². The number of rotatable bonds is 3. The summed E-state index contributed by atoms with van der Waals surface area (Å²) in [4.78, 5) is 10.8. The SMILES string of the molecule is CC(=O)O[C@H](c1ccccc1)[C@H](C)O. The Hall–Kier alpha value is -1.35. The van der Waals surface area contributed by atoms with E-state index in [-0.39, 0.29) is 5.97 Å². The van der Waals surface area contributed by atoms with Crippen molar-refractivity contribution in [3.05, 3.63) is 35.9 Å². The average molecular weight is 194 g/mol. The van der Waals surface area contributed by atoms with Crippen LogP contribution in [0.5, 0.6) is 0 Å². The fourth-order valence-corrected chi connectivity index (χ4v) is 1.27. The molecule has 2 atom stereocenters. The zero-order chi connectivity index (χ0) is 10.6. The van der Waals surface area contributed by atoms with Crippen molar-refractivity contribution in [2.24, 2.45) is 0 Å². The molecule has 1 rings (SSSR count). The van der Waals surface area contributed by atoms with Crippen molar-refractivity contribution >= 4 is 5.97 Å². The molecule has 0 bridgehead atoms. The van der Waals surface area contributed by atoms with Gasteiger partial charge in [-0.3, -0.25) is 4.79 Å². The zero-order valence-corrected chi connectivity index (χ0v) is 8.31. The summed E-state index contributed by atoms with van der Waals surface area (Å²) in [6, 6.07) is 9.19. The van der Waals surface area contributed by atoms with Gasteiger partial charge in [-0.05, 0) is 12.5 Å². The van der Waals surface area contributed by atoms with Crippen molar-refractivity contribution < 1.29 is 14.6 Å². The number of hydrogen-bond acceptors (Lipinski definition) is 3. The number of aliphatic hydroxyl groups is 1. The van der Waals surface area contributed by atoms with Crippen LogP contribution < -0.4 is 0 Å². The molecule has 0 radical (unpaired) electrons. The van der Waals surface area contributed by atoms with Gasteiger partial charge in [0, 0.05) is 6.92 Å². The Kier molecular flexibility index (Phi) is 3.65. The lowest BCUT2D eigenvalue weighted by Gasteiger charge is -2.19. The van der Waals surface area contributed by atoms with Gasteiger partial charge < -0.3 is 9.84 Å². The van der Waals surface area contributed by atoms with E-state index in [1.54, 1.807) is 6.92 Å². The third-order valence-corrected chi connectivity index (χ3v) is 1.86. The molecule has 3 nitrogen and oxygen atoms in total. The number of hydrogen-bond donors (Lipinski definition) is 1. The van der Waals surface area contributed by atoms with E-state index in [2.05, 4.69) is 0 Å². The third kappa shape index (κ3) is 2.85. The molecule has 1 aromatic carbocycles. The van der Waals surface area contributed by atoms with Gasteiger partial charge in [-0.1, -0.05) is 30.3 Å². The van der Waals surface area contributed by atoms with Gasteiger partial charge in [0.15, 0.2) is 6.10 Å². The minimum absolute atomic E-state index is 0.389. The summed E-state index contributed by atoms with van der Waals surface area (Å²) in [7, 11) is 0. The summed E-state index contributed by atoms with van der Waals surface area (Å²) in [5, 5.41) is 9.44. The largest absolute Gasteiger partial charge is 0.455 e. The molecule has 0 fully saturated rings. The van der Waals surface area contributed by atoms with Crippen molar-refractivity contribution in [1.29, 1.82) is 0 Å². The molecule has 0 aliphatic heterocycles. The van der Waals surface area contributed by atoms with E-state index >= 15 is 0 Å². The van der Waals surface area contributed by atoms with Crippen molar-refractivity contribution in [1.82, 2.24) is 0 Å². The van der Waals surface area contributed by atoms with E-state index in [9.17, 15) is 9.90 Å². The molecule has 3 heteroatoms. The molecule has 0 amide bonds. The predicted octanol–water partition coefficient (Wildman–Crippen LogP) is 1.67. The molecule has 0 saturated carbocycles. The van der Waals surface area contributed by atoms with E-state index < -0.39 is 12.2 Å². The van der Waals surface area contributed by atoms with Gasteiger partial charge in [0.05, 0.1) is 6.10 Å².